The van der Waals surface area contributed by atoms with Crippen molar-refractivity contribution in [2.75, 3.05) is 0 Å². The molecule has 0 aromatic heterocycles. The van der Waals surface area contributed by atoms with Crippen molar-refractivity contribution < 1.29 is 35.1 Å². The van der Waals surface area contributed by atoms with Crippen LogP contribution in [0.25, 0.3) is 22.3 Å². The summed E-state index contributed by atoms with van der Waals surface area (Å²) in [5.74, 6) is -9.13. The monoisotopic (exact) mass is 704 g/mol. The SMILES string of the molecule is N#CC1=C(C(F)(F)F)/C(=C(\C#N)c2cc(C#N)cc(C#N)c2)c2c(F)c3c(c(F)c21)C(C#N)=C(C(F)(F)F)C3C(C#N)c1cc(C#N)cc(C#N)c1. The Labute approximate surface area is 286 Å². The molecular weight excluding hydrogens is 696 g/mol. The molecule has 2 atom stereocenters. The van der Waals surface area contributed by atoms with Crippen molar-refractivity contribution in [3.63, 3.8) is 0 Å². The van der Waals surface area contributed by atoms with Crippen LogP contribution in [0.15, 0.2) is 47.5 Å². The Morgan fingerprint density at radius 3 is 1.48 bits per heavy atom. The van der Waals surface area contributed by atoms with Crippen molar-refractivity contribution in [3.8, 4) is 48.6 Å². The van der Waals surface area contributed by atoms with Gasteiger partial charge in [0.05, 0.1) is 86.4 Å². The van der Waals surface area contributed by atoms with Gasteiger partial charge in [-0.25, -0.2) is 8.78 Å². The zero-order chi connectivity index (χ0) is 38.4. The predicted molar refractivity (Wildman–Crippen MR) is 159 cm³/mol. The standard InChI is InChI=1S/C36H8F8N8/c37-33-27-23(13-51)31(35(39,40)41)25(21(11-49)19-3-15(7-45)1-16(4-19)8-46)29(27)34(38)30-26(32(36(42,43)44)24(14-52)28(30)33)22(12-50)20-5-17(9-47)2-18(6-20)10-48/h1-6,21,25H/b26-22+. The molecule has 0 spiro atoms. The van der Waals surface area contributed by atoms with E-state index < -0.39 is 103 Å². The summed E-state index contributed by atoms with van der Waals surface area (Å²) in [5.41, 5.74) is -18.6. The Hall–Kier alpha value is -7.76. The lowest BCUT2D eigenvalue weighted by Crippen LogP contribution is -2.22. The highest BCUT2D eigenvalue weighted by Gasteiger charge is 2.56. The van der Waals surface area contributed by atoms with Crippen LogP contribution in [-0.4, -0.2) is 12.4 Å². The van der Waals surface area contributed by atoms with Gasteiger partial charge >= 0.3 is 12.4 Å². The smallest absolute Gasteiger partial charge is 0.206 e. The van der Waals surface area contributed by atoms with Gasteiger partial charge in [0.2, 0.25) is 0 Å². The van der Waals surface area contributed by atoms with E-state index in [-0.39, 0.29) is 22.3 Å². The molecule has 0 heterocycles. The second-order valence-corrected chi connectivity index (χ2v) is 11.0. The van der Waals surface area contributed by atoms with Gasteiger partial charge in [0.15, 0.2) is 0 Å². The van der Waals surface area contributed by atoms with Crippen LogP contribution >= 0.6 is 0 Å². The van der Waals surface area contributed by atoms with E-state index >= 15 is 8.78 Å². The maximum absolute atomic E-state index is 17.3. The number of nitrogens with zero attached hydrogens (tertiary/aromatic N) is 8. The Bertz CT molecular complexity index is 2560. The molecule has 0 bridgehead atoms. The molecular formula is C36H8F8N8. The summed E-state index contributed by atoms with van der Waals surface area (Å²) in [7, 11) is 0. The van der Waals surface area contributed by atoms with Gasteiger partial charge < -0.3 is 0 Å². The minimum absolute atomic E-state index is 0.343. The highest BCUT2D eigenvalue weighted by Crippen LogP contribution is 2.60. The molecule has 8 nitrogen and oxygen atoms in total. The zero-order valence-corrected chi connectivity index (χ0v) is 25.2. The van der Waals surface area contributed by atoms with Crippen LogP contribution < -0.4 is 0 Å². The first-order valence-electron chi connectivity index (χ1n) is 14.0. The summed E-state index contributed by atoms with van der Waals surface area (Å²) in [4.78, 5) is 0. The van der Waals surface area contributed by atoms with Crippen LogP contribution in [0.1, 0.15) is 67.5 Å². The first kappa shape index (κ1) is 35.5. The van der Waals surface area contributed by atoms with Crippen molar-refractivity contribution in [1.82, 2.24) is 0 Å². The zero-order valence-electron chi connectivity index (χ0n) is 25.2. The van der Waals surface area contributed by atoms with Gasteiger partial charge in [-0.2, -0.15) is 68.4 Å². The van der Waals surface area contributed by atoms with Crippen molar-refractivity contribution in [2.24, 2.45) is 0 Å². The molecule has 16 heteroatoms. The average molecular weight is 704 g/mol. The van der Waals surface area contributed by atoms with Gasteiger partial charge in [-0.3, -0.25) is 0 Å². The Balaban J connectivity index is 2.04. The van der Waals surface area contributed by atoms with Crippen LogP contribution in [0, 0.1) is 102 Å². The molecule has 0 N–H and O–H groups in total. The van der Waals surface area contributed by atoms with E-state index in [9.17, 15) is 68.4 Å². The molecule has 0 amide bonds. The molecule has 2 aliphatic carbocycles. The van der Waals surface area contributed by atoms with Crippen molar-refractivity contribution >= 4 is 22.3 Å². The number of hydrogen-bond acceptors (Lipinski definition) is 8. The first-order valence-corrected chi connectivity index (χ1v) is 14.0. The minimum Gasteiger partial charge on any atom is -0.206 e. The fourth-order valence-electron chi connectivity index (χ4n) is 6.40. The lowest BCUT2D eigenvalue weighted by Gasteiger charge is -2.25. The molecule has 2 aliphatic rings. The van der Waals surface area contributed by atoms with E-state index in [1.54, 1.807) is 24.3 Å². The van der Waals surface area contributed by atoms with Crippen LogP contribution in [0.2, 0.25) is 0 Å². The average Bonchev–Trinajstić information content (AvgIpc) is 3.66. The third-order valence-electron chi connectivity index (χ3n) is 8.25. The number of allylic oxidation sites excluding steroid dienone is 6. The molecule has 248 valence electrons. The third-order valence-corrected chi connectivity index (χ3v) is 8.25. The number of hydrogen-bond donors (Lipinski definition) is 0. The molecule has 0 aliphatic heterocycles. The fourth-order valence-corrected chi connectivity index (χ4v) is 6.40. The van der Waals surface area contributed by atoms with E-state index in [1.807, 2.05) is 0 Å². The topological polar surface area (TPSA) is 190 Å². The van der Waals surface area contributed by atoms with Crippen molar-refractivity contribution in [3.05, 3.63) is 115 Å². The van der Waals surface area contributed by atoms with E-state index in [0.29, 0.717) is 0 Å². The number of halogens is 8. The number of rotatable bonds is 3. The molecule has 5 rings (SSSR count). The van der Waals surface area contributed by atoms with Crippen LogP contribution in [0.5, 0.6) is 0 Å². The van der Waals surface area contributed by atoms with E-state index in [2.05, 4.69) is 0 Å². The molecule has 3 aromatic carbocycles. The lowest BCUT2D eigenvalue weighted by molar-refractivity contribution is -0.0951. The highest BCUT2D eigenvalue weighted by molar-refractivity contribution is 6.16. The summed E-state index contributed by atoms with van der Waals surface area (Å²) in [5, 5.41) is 78.0. The summed E-state index contributed by atoms with van der Waals surface area (Å²) in [6, 6.07) is 17.0. The maximum Gasteiger partial charge on any atom is 0.418 e. The van der Waals surface area contributed by atoms with E-state index in [4.69, 9.17) is 0 Å². The summed E-state index contributed by atoms with van der Waals surface area (Å²) >= 11 is 0. The Morgan fingerprint density at radius 1 is 0.577 bits per heavy atom. The number of alkyl halides is 6. The van der Waals surface area contributed by atoms with Crippen molar-refractivity contribution in [1.29, 1.82) is 42.1 Å². The second-order valence-electron chi connectivity index (χ2n) is 11.0. The normalized spacial score (nSPS) is 16.1. The molecule has 0 saturated heterocycles. The molecule has 3 aromatic rings. The Morgan fingerprint density at radius 2 is 1.08 bits per heavy atom. The summed E-state index contributed by atoms with van der Waals surface area (Å²) in [6.45, 7) is 0. The predicted octanol–water partition coefficient (Wildman–Crippen LogP) is 7.98. The van der Waals surface area contributed by atoms with Crippen LogP contribution in [0.4, 0.5) is 35.1 Å². The second kappa shape index (κ2) is 12.6. The van der Waals surface area contributed by atoms with Crippen LogP contribution in [-0.2, 0) is 0 Å². The summed E-state index contributed by atoms with van der Waals surface area (Å²) in [6.07, 6.45) is -11.3. The molecule has 52 heavy (non-hydrogen) atoms. The summed E-state index contributed by atoms with van der Waals surface area (Å²) < 4.78 is 123. The van der Waals surface area contributed by atoms with Crippen molar-refractivity contribution in [2.45, 2.75) is 24.2 Å². The highest BCUT2D eigenvalue weighted by atomic mass is 19.4. The first-order chi connectivity index (χ1) is 24.6. The molecule has 0 radical (unpaired) electrons. The van der Waals surface area contributed by atoms with E-state index in [1.165, 1.54) is 12.1 Å². The minimum atomic E-state index is -5.68. The molecule has 2 unspecified atom stereocenters. The fraction of sp³-hybridized carbons (Fsp3) is 0.111. The van der Waals surface area contributed by atoms with Gasteiger partial charge in [-0.1, -0.05) is 0 Å². The van der Waals surface area contributed by atoms with Gasteiger partial charge in [-0.15, -0.1) is 0 Å². The third kappa shape index (κ3) is 5.32. The van der Waals surface area contributed by atoms with Gasteiger partial charge in [0.25, 0.3) is 0 Å². The Kier molecular flexibility index (Phi) is 8.61. The van der Waals surface area contributed by atoms with Gasteiger partial charge in [0, 0.05) is 33.7 Å². The van der Waals surface area contributed by atoms with Crippen LogP contribution in [0.3, 0.4) is 0 Å². The van der Waals surface area contributed by atoms with Gasteiger partial charge in [-0.05, 0) is 47.5 Å². The quantitative estimate of drug-likeness (QED) is 0.194. The maximum atomic E-state index is 17.3. The number of benzene rings is 3. The lowest BCUT2D eigenvalue weighted by atomic mass is 9.77. The number of fused-ring (bicyclic) bond motifs is 2. The molecule has 0 fully saturated rings. The molecule has 0 saturated carbocycles. The largest absolute Gasteiger partial charge is 0.418 e. The van der Waals surface area contributed by atoms with Gasteiger partial charge in [0.1, 0.15) is 29.8 Å². The number of nitriles is 8. The van der Waals surface area contributed by atoms with E-state index in [0.717, 1.165) is 48.5 Å².